The zero-order valence-corrected chi connectivity index (χ0v) is 19.3. The fraction of sp³-hybridized carbons (Fsp3) is 0.682. The highest BCUT2D eigenvalue weighted by Crippen LogP contribution is 2.37. The lowest BCUT2D eigenvalue weighted by Gasteiger charge is -2.34. The van der Waals surface area contributed by atoms with Crippen molar-refractivity contribution in [2.75, 3.05) is 30.3 Å². The minimum Gasteiger partial charge on any atom is -0.352 e. The van der Waals surface area contributed by atoms with Crippen LogP contribution in [-0.4, -0.2) is 52.7 Å². The maximum Gasteiger partial charge on any atom is 0.251 e. The Bertz CT molecular complexity index is 866. The van der Waals surface area contributed by atoms with E-state index in [0.717, 1.165) is 31.2 Å². The summed E-state index contributed by atoms with van der Waals surface area (Å²) in [6.45, 7) is 8.11. The number of hydrogen-bond acceptors (Lipinski definition) is 5. The molecule has 0 aliphatic carbocycles. The van der Waals surface area contributed by atoms with E-state index in [0.29, 0.717) is 37.4 Å². The van der Waals surface area contributed by atoms with E-state index in [1.54, 1.807) is 12.1 Å². The molecule has 3 rings (SSSR count). The predicted octanol–water partition coefficient (Wildman–Crippen LogP) is 3.09. The van der Waals surface area contributed by atoms with Gasteiger partial charge in [0.2, 0.25) is 10.0 Å². The quantitative estimate of drug-likeness (QED) is 0.599. The average Bonchev–Trinajstić information content (AvgIpc) is 3.31. The first-order valence-corrected chi connectivity index (χ1v) is 12.6. The van der Waals surface area contributed by atoms with Crippen molar-refractivity contribution in [3.05, 3.63) is 29.3 Å². The molecule has 8 heteroatoms. The topological polar surface area (TPSA) is 84.9 Å². The predicted molar refractivity (Wildman–Crippen MR) is 117 cm³/mol. The van der Waals surface area contributed by atoms with Crippen molar-refractivity contribution >= 4 is 21.6 Å². The van der Waals surface area contributed by atoms with Crippen LogP contribution in [-0.2, 0) is 25.9 Å². The Morgan fingerprint density at radius 1 is 1.27 bits per heavy atom. The van der Waals surface area contributed by atoms with E-state index in [9.17, 15) is 13.2 Å². The first-order chi connectivity index (χ1) is 14.2. The molecule has 0 radical (unpaired) electrons. The number of amides is 1. The first kappa shape index (κ1) is 23.0. The second-order valence-corrected chi connectivity index (χ2v) is 10.7. The van der Waals surface area contributed by atoms with Crippen LogP contribution in [0, 0.1) is 5.41 Å². The van der Waals surface area contributed by atoms with Crippen LogP contribution in [0.4, 0.5) is 5.69 Å². The number of hydrogen-bond donors (Lipinski definition) is 1. The summed E-state index contributed by atoms with van der Waals surface area (Å²) in [7, 11) is -3.33. The summed E-state index contributed by atoms with van der Waals surface area (Å²) in [5.41, 5.74) is 2.09. The van der Waals surface area contributed by atoms with Crippen molar-refractivity contribution in [2.45, 2.75) is 65.2 Å². The molecule has 2 aliphatic heterocycles. The molecule has 30 heavy (non-hydrogen) atoms. The minimum absolute atomic E-state index is 0.0468. The molecule has 0 bridgehead atoms. The third kappa shape index (κ3) is 4.98. The van der Waals surface area contributed by atoms with Crippen molar-refractivity contribution in [3.63, 3.8) is 0 Å². The van der Waals surface area contributed by atoms with Gasteiger partial charge in [-0.05, 0) is 56.4 Å². The summed E-state index contributed by atoms with van der Waals surface area (Å²) in [6, 6.07) is 5.12. The molecule has 1 aromatic rings. The molecule has 1 aromatic carbocycles. The number of fused-ring (bicyclic) bond motifs is 1. The molecule has 0 aromatic heterocycles. The van der Waals surface area contributed by atoms with Crippen LogP contribution in [0.2, 0.25) is 0 Å². The second kappa shape index (κ2) is 9.24. The van der Waals surface area contributed by atoms with E-state index in [1.165, 1.54) is 10.6 Å². The van der Waals surface area contributed by atoms with Crippen molar-refractivity contribution in [1.82, 2.24) is 5.32 Å². The number of carbonyl (C=O) groups excluding carboxylic acids is 1. The lowest BCUT2D eigenvalue weighted by atomic mass is 9.80. The third-order valence-corrected chi connectivity index (χ3v) is 7.35. The molecule has 1 amide bonds. The SMILES string of the molecule is CCC[C@](C)(CCCNC(=O)c1ccc2c(c1)C[C@@H](C)N2S(C)(=O)=O)C1OCCO1. The van der Waals surface area contributed by atoms with Crippen LogP contribution in [0.1, 0.15) is 62.4 Å². The molecule has 1 N–H and O–H groups in total. The molecule has 2 heterocycles. The van der Waals surface area contributed by atoms with Gasteiger partial charge in [-0.1, -0.05) is 20.3 Å². The number of sulfonamides is 1. The monoisotopic (exact) mass is 438 g/mol. The second-order valence-electron chi connectivity index (χ2n) is 8.79. The van der Waals surface area contributed by atoms with Gasteiger partial charge in [-0.25, -0.2) is 8.42 Å². The van der Waals surface area contributed by atoms with Crippen molar-refractivity contribution < 1.29 is 22.7 Å². The van der Waals surface area contributed by atoms with E-state index < -0.39 is 10.0 Å². The van der Waals surface area contributed by atoms with Crippen molar-refractivity contribution in [1.29, 1.82) is 0 Å². The van der Waals surface area contributed by atoms with E-state index in [2.05, 4.69) is 19.2 Å². The largest absolute Gasteiger partial charge is 0.352 e. The van der Waals surface area contributed by atoms with Gasteiger partial charge in [-0.3, -0.25) is 9.10 Å². The van der Waals surface area contributed by atoms with Crippen molar-refractivity contribution in [2.24, 2.45) is 5.41 Å². The lowest BCUT2D eigenvalue weighted by molar-refractivity contribution is -0.133. The van der Waals surface area contributed by atoms with E-state index in [-0.39, 0.29) is 23.7 Å². The van der Waals surface area contributed by atoms with Gasteiger partial charge in [-0.15, -0.1) is 0 Å². The number of ether oxygens (including phenoxy) is 2. The fourth-order valence-electron chi connectivity index (χ4n) is 4.74. The van der Waals surface area contributed by atoms with Gasteiger partial charge in [-0.2, -0.15) is 0 Å². The normalized spacial score (nSPS) is 21.5. The molecular formula is C22H34N2O5S. The molecule has 0 unspecified atom stereocenters. The Kier molecular flexibility index (Phi) is 7.09. The van der Waals surface area contributed by atoms with Gasteiger partial charge in [0.15, 0.2) is 6.29 Å². The van der Waals surface area contributed by atoms with Crippen LogP contribution in [0.15, 0.2) is 18.2 Å². The summed E-state index contributed by atoms with van der Waals surface area (Å²) in [5, 5.41) is 3.00. The smallest absolute Gasteiger partial charge is 0.251 e. The number of rotatable bonds is 9. The van der Waals surface area contributed by atoms with E-state index >= 15 is 0 Å². The summed E-state index contributed by atoms with van der Waals surface area (Å²) in [5.74, 6) is -0.131. The zero-order valence-electron chi connectivity index (χ0n) is 18.4. The maximum absolute atomic E-state index is 12.6. The van der Waals surface area contributed by atoms with Crippen LogP contribution in [0.5, 0.6) is 0 Å². The van der Waals surface area contributed by atoms with Crippen LogP contribution < -0.4 is 9.62 Å². The molecule has 168 valence electrons. The molecule has 2 aliphatic rings. The average molecular weight is 439 g/mol. The Morgan fingerprint density at radius 3 is 2.60 bits per heavy atom. The van der Waals surface area contributed by atoms with Crippen LogP contribution in [0.3, 0.4) is 0 Å². The van der Waals surface area contributed by atoms with Crippen LogP contribution in [0.25, 0.3) is 0 Å². The highest BCUT2D eigenvalue weighted by atomic mass is 32.2. The molecule has 1 fully saturated rings. The summed E-state index contributed by atoms with van der Waals surface area (Å²) < 4.78 is 37.0. The highest BCUT2D eigenvalue weighted by molar-refractivity contribution is 7.92. The highest BCUT2D eigenvalue weighted by Gasteiger charge is 2.37. The van der Waals surface area contributed by atoms with Gasteiger partial charge in [0.05, 0.1) is 25.2 Å². The Morgan fingerprint density at radius 2 is 1.97 bits per heavy atom. The van der Waals surface area contributed by atoms with E-state index in [4.69, 9.17) is 9.47 Å². The minimum atomic E-state index is -3.33. The van der Waals surface area contributed by atoms with Gasteiger partial charge in [0, 0.05) is 23.6 Å². The summed E-state index contributed by atoms with van der Waals surface area (Å²) in [4.78, 5) is 12.6. The molecule has 2 atom stereocenters. The van der Waals surface area contributed by atoms with Gasteiger partial charge in [0.25, 0.3) is 5.91 Å². The molecular weight excluding hydrogens is 404 g/mol. The van der Waals surface area contributed by atoms with Crippen LogP contribution >= 0.6 is 0 Å². The molecule has 0 saturated carbocycles. The molecule has 1 saturated heterocycles. The number of benzene rings is 1. The number of carbonyl (C=O) groups is 1. The Hall–Kier alpha value is -1.64. The number of anilines is 1. The Labute approximate surface area is 180 Å². The van der Waals surface area contributed by atoms with Gasteiger partial charge < -0.3 is 14.8 Å². The first-order valence-electron chi connectivity index (χ1n) is 10.8. The van der Waals surface area contributed by atoms with Gasteiger partial charge in [0.1, 0.15) is 0 Å². The zero-order chi connectivity index (χ0) is 21.9. The molecule has 7 nitrogen and oxygen atoms in total. The lowest BCUT2D eigenvalue weighted by Crippen LogP contribution is -2.34. The molecule has 0 spiro atoms. The van der Waals surface area contributed by atoms with Gasteiger partial charge >= 0.3 is 0 Å². The maximum atomic E-state index is 12.6. The summed E-state index contributed by atoms with van der Waals surface area (Å²) >= 11 is 0. The van der Waals surface area contributed by atoms with Crippen molar-refractivity contribution in [3.8, 4) is 0 Å². The fourth-order valence-corrected chi connectivity index (χ4v) is 6.00. The number of nitrogens with zero attached hydrogens (tertiary/aromatic N) is 1. The standard InChI is InChI=1S/C22H34N2O5S/c1-5-9-22(3,21-28-12-13-29-21)10-6-11-23-20(25)17-7-8-19-18(15-17)14-16(2)24(19)30(4,26)27/h7-8,15-16,21H,5-6,9-14H2,1-4H3,(H,23,25)/t16-,22-/m1/s1. The Balaban J connectivity index is 1.56. The van der Waals surface area contributed by atoms with E-state index in [1.807, 2.05) is 13.0 Å². The third-order valence-electron chi connectivity index (χ3n) is 6.07. The summed E-state index contributed by atoms with van der Waals surface area (Å²) in [6.07, 6.45) is 5.50. The number of nitrogens with one attached hydrogen (secondary N) is 1.